The Morgan fingerprint density at radius 1 is 1.47 bits per heavy atom. The maximum atomic E-state index is 10.9. The van der Waals surface area contributed by atoms with Crippen molar-refractivity contribution in [2.24, 2.45) is 7.05 Å². The Kier molecular flexibility index (Phi) is 3.55. The van der Waals surface area contributed by atoms with Gasteiger partial charge in [-0.2, -0.15) is 0 Å². The highest BCUT2D eigenvalue weighted by Gasteiger charge is 2.16. The highest BCUT2D eigenvalue weighted by molar-refractivity contribution is 5.60. The molecule has 0 aromatic carbocycles. The van der Waals surface area contributed by atoms with E-state index in [1.807, 2.05) is 0 Å². The summed E-state index contributed by atoms with van der Waals surface area (Å²) in [5, 5.41) is 24.3. The van der Waals surface area contributed by atoms with Crippen molar-refractivity contribution in [3.05, 3.63) is 34.4 Å². The number of anilines is 2. The Hall–Kier alpha value is -2.71. The molecule has 0 aliphatic rings. The van der Waals surface area contributed by atoms with Crippen molar-refractivity contribution in [3.8, 4) is 0 Å². The quantitative estimate of drug-likeness (QED) is 0.605. The highest BCUT2D eigenvalue weighted by atomic mass is 16.6. The summed E-state index contributed by atoms with van der Waals surface area (Å²) >= 11 is 0. The summed E-state index contributed by atoms with van der Waals surface area (Å²) in [6.45, 7) is 0.303. The van der Waals surface area contributed by atoms with Crippen molar-refractivity contribution in [1.82, 2.24) is 19.7 Å². The predicted molar refractivity (Wildman–Crippen MR) is 68.8 cm³/mol. The average Bonchev–Trinajstić information content (AvgIpc) is 2.81. The molecule has 0 spiro atoms. The van der Waals surface area contributed by atoms with Crippen molar-refractivity contribution in [3.63, 3.8) is 0 Å². The minimum Gasteiger partial charge on any atom is -0.373 e. The van der Waals surface area contributed by atoms with Gasteiger partial charge < -0.3 is 15.2 Å². The first-order valence-corrected chi connectivity index (χ1v) is 5.51. The van der Waals surface area contributed by atoms with Gasteiger partial charge in [0.25, 0.3) is 0 Å². The summed E-state index contributed by atoms with van der Waals surface area (Å²) in [6, 6.07) is 2.95. The molecule has 100 valence electrons. The summed E-state index contributed by atoms with van der Waals surface area (Å²) in [4.78, 5) is 14.6. The van der Waals surface area contributed by atoms with Gasteiger partial charge in [-0.15, -0.1) is 10.2 Å². The monoisotopic (exact) mass is 263 g/mol. The van der Waals surface area contributed by atoms with Gasteiger partial charge >= 0.3 is 5.69 Å². The smallest absolute Gasteiger partial charge is 0.311 e. The predicted octanol–water partition coefficient (Wildman–Crippen LogP) is 0.772. The van der Waals surface area contributed by atoms with Gasteiger partial charge in [-0.3, -0.25) is 10.1 Å². The van der Waals surface area contributed by atoms with Crippen LogP contribution in [0.4, 0.5) is 17.3 Å². The normalized spacial score (nSPS) is 10.2. The fraction of sp³-hybridized carbons (Fsp3) is 0.300. The molecule has 0 bridgehead atoms. The van der Waals surface area contributed by atoms with Gasteiger partial charge in [0, 0.05) is 20.2 Å². The molecular formula is C10H13N7O2. The zero-order valence-corrected chi connectivity index (χ0v) is 10.5. The van der Waals surface area contributed by atoms with E-state index in [1.54, 1.807) is 31.1 Å². The van der Waals surface area contributed by atoms with Crippen LogP contribution in [-0.2, 0) is 13.6 Å². The Morgan fingerprint density at radius 2 is 2.26 bits per heavy atom. The van der Waals surface area contributed by atoms with Crippen molar-refractivity contribution in [2.75, 3.05) is 17.7 Å². The van der Waals surface area contributed by atoms with E-state index < -0.39 is 4.92 Å². The molecule has 2 aromatic heterocycles. The van der Waals surface area contributed by atoms with Gasteiger partial charge in [0.05, 0.1) is 11.5 Å². The lowest BCUT2D eigenvalue weighted by atomic mass is 10.3. The number of hydrogen-bond donors (Lipinski definition) is 2. The molecule has 2 N–H and O–H groups in total. The third-order valence-electron chi connectivity index (χ3n) is 2.55. The molecule has 2 rings (SSSR count). The number of aryl methyl sites for hydroxylation is 1. The number of hydrogen-bond acceptors (Lipinski definition) is 7. The molecule has 0 unspecified atom stereocenters. The van der Waals surface area contributed by atoms with Gasteiger partial charge in [0.2, 0.25) is 5.82 Å². The van der Waals surface area contributed by atoms with E-state index in [0.29, 0.717) is 18.2 Å². The zero-order valence-electron chi connectivity index (χ0n) is 10.5. The third-order valence-corrected chi connectivity index (χ3v) is 2.55. The van der Waals surface area contributed by atoms with Crippen LogP contribution >= 0.6 is 0 Å². The Bertz CT molecular complexity index is 595. The van der Waals surface area contributed by atoms with Crippen LogP contribution in [0, 0.1) is 10.1 Å². The molecule has 0 saturated carbocycles. The first-order chi connectivity index (χ1) is 9.11. The molecule has 0 aliphatic heterocycles. The number of nitro groups is 1. The maximum Gasteiger partial charge on any atom is 0.311 e. The summed E-state index contributed by atoms with van der Waals surface area (Å²) in [5.41, 5.74) is -0.0823. The second-order valence-electron chi connectivity index (χ2n) is 3.78. The van der Waals surface area contributed by atoms with Crippen molar-refractivity contribution >= 4 is 17.3 Å². The van der Waals surface area contributed by atoms with Gasteiger partial charge in [0.15, 0.2) is 5.82 Å². The summed E-state index contributed by atoms with van der Waals surface area (Å²) in [6.07, 6.45) is 1.56. The molecule has 2 heterocycles. The van der Waals surface area contributed by atoms with Crippen LogP contribution in [0.3, 0.4) is 0 Å². The Labute approximate surface area is 108 Å². The lowest BCUT2D eigenvalue weighted by Crippen LogP contribution is -2.09. The van der Waals surface area contributed by atoms with E-state index in [0.717, 1.165) is 0 Å². The van der Waals surface area contributed by atoms with Crippen molar-refractivity contribution < 1.29 is 4.92 Å². The molecule has 0 radical (unpaired) electrons. The van der Waals surface area contributed by atoms with Crippen LogP contribution < -0.4 is 10.6 Å². The number of nitrogens with one attached hydrogen (secondary N) is 2. The highest BCUT2D eigenvalue weighted by Crippen LogP contribution is 2.24. The molecule has 2 aromatic rings. The summed E-state index contributed by atoms with van der Waals surface area (Å²) < 4.78 is 1.72. The molecule has 0 saturated heterocycles. The van der Waals surface area contributed by atoms with Crippen LogP contribution in [0.2, 0.25) is 0 Å². The Balaban J connectivity index is 2.22. The topological polar surface area (TPSA) is 111 Å². The first kappa shape index (κ1) is 12.7. The minimum absolute atomic E-state index is 0.0823. The van der Waals surface area contributed by atoms with Gasteiger partial charge in [-0.1, -0.05) is 0 Å². The largest absolute Gasteiger partial charge is 0.373 e. The maximum absolute atomic E-state index is 10.9. The van der Waals surface area contributed by atoms with Crippen molar-refractivity contribution in [1.29, 1.82) is 0 Å². The van der Waals surface area contributed by atoms with E-state index in [4.69, 9.17) is 0 Å². The van der Waals surface area contributed by atoms with Crippen LogP contribution in [0.15, 0.2) is 18.5 Å². The summed E-state index contributed by atoms with van der Waals surface area (Å²) in [7, 11) is 3.49. The van der Waals surface area contributed by atoms with Gasteiger partial charge in [-0.05, 0) is 6.07 Å². The fourth-order valence-electron chi connectivity index (χ4n) is 1.50. The zero-order chi connectivity index (χ0) is 13.8. The minimum atomic E-state index is -0.481. The van der Waals surface area contributed by atoms with Crippen molar-refractivity contribution in [2.45, 2.75) is 6.54 Å². The fourth-order valence-corrected chi connectivity index (χ4v) is 1.50. The number of nitrogens with zero attached hydrogens (tertiary/aromatic N) is 5. The van der Waals surface area contributed by atoms with Crippen LogP contribution in [0.1, 0.15) is 5.82 Å². The SMILES string of the molecule is CNc1ccc([N+](=O)[O-])c(NCc2nncn2C)n1. The van der Waals surface area contributed by atoms with E-state index in [2.05, 4.69) is 25.8 Å². The first-order valence-electron chi connectivity index (χ1n) is 5.51. The van der Waals surface area contributed by atoms with E-state index in [-0.39, 0.29) is 11.5 Å². The standard InChI is InChI=1S/C10H13N7O2/c1-11-8-4-3-7(17(18)19)10(14-8)12-5-9-15-13-6-16(9)2/h3-4,6H,5H2,1-2H3,(H2,11,12,14). The van der Waals surface area contributed by atoms with Gasteiger partial charge in [-0.25, -0.2) is 4.98 Å². The molecular weight excluding hydrogens is 250 g/mol. The molecule has 0 fully saturated rings. The Morgan fingerprint density at radius 3 is 2.84 bits per heavy atom. The summed E-state index contributed by atoms with van der Waals surface area (Å²) in [5.74, 6) is 1.40. The van der Waals surface area contributed by atoms with E-state index >= 15 is 0 Å². The molecule has 9 heteroatoms. The molecule has 0 aliphatic carbocycles. The molecule has 0 amide bonds. The van der Waals surface area contributed by atoms with E-state index in [1.165, 1.54) is 6.07 Å². The van der Waals surface area contributed by atoms with Gasteiger partial charge in [0.1, 0.15) is 12.1 Å². The number of pyridine rings is 1. The van der Waals surface area contributed by atoms with Crippen LogP contribution in [0.5, 0.6) is 0 Å². The lowest BCUT2D eigenvalue weighted by molar-refractivity contribution is -0.384. The number of aromatic nitrogens is 4. The second-order valence-corrected chi connectivity index (χ2v) is 3.78. The molecule has 19 heavy (non-hydrogen) atoms. The average molecular weight is 263 g/mol. The molecule has 0 atom stereocenters. The third kappa shape index (κ3) is 2.76. The van der Waals surface area contributed by atoms with Crippen LogP contribution in [-0.4, -0.2) is 31.7 Å². The van der Waals surface area contributed by atoms with E-state index in [9.17, 15) is 10.1 Å². The van der Waals surface area contributed by atoms with Crippen LogP contribution in [0.25, 0.3) is 0 Å². The number of rotatable bonds is 5. The lowest BCUT2D eigenvalue weighted by Gasteiger charge is -2.07. The molecule has 9 nitrogen and oxygen atoms in total. The second kappa shape index (κ2) is 5.29.